The smallest absolute Gasteiger partial charge is 0.0852 e. The topological polar surface area (TPSA) is 40.5 Å². The van der Waals surface area contributed by atoms with Crippen LogP contribution in [-0.4, -0.2) is 53.1 Å². The Morgan fingerprint density at radius 2 is 1.09 bits per heavy atom. The Hall–Kier alpha value is 0.170. The van der Waals surface area contributed by atoms with Crippen LogP contribution in [-0.2, 0) is 0 Å². The molecular weight excluding hydrogens is 298 g/mol. The van der Waals surface area contributed by atoms with Gasteiger partial charge in [0.15, 0.2) is 0 Å². The summed E-state index contributed by atoms with van der Waals surface area (Å²) in [6.45, 7) is 13.4. The molecule has 0 spiro atoms. The quantitative estimate of drug-likeness (QED) is 0.459. The second-order valence-electron chi connectivity index (χ2n) is 6.63. The summed E-state index contributed by atoms with van der Waals surface area (Å²) in [6.07, 6.45) is 7.74. The number of quaternary nitrogens is 1. The summed E-state index contributed by atoms with van der Waals surface area (Å²) in [5.74, 6) is 0. The lowest BCUT2D eigenvalue weighted by Gasteiger charge is -2.40. The zero-order chi connectivity index (χ0) is 16.1. The Morgan fingerprint density at radius 3 is 1.41 bits per heavy atom. The van der Waals surface area contributed by atoms with E-state index in [0.29, 0.717) is 6.42 Å². The first-order valence-corrected chi connectivity index (χ1v) is 9.26. The van der Waals surface area contributed by atoms with Crippen molar-refractivity contribution in [1.29, 1.82) is 0 Å². The highest BCUT2D eigenvalue weighted by Gasteiger charge is 2.27. The monoisotopic (exact) mass is 337 g/mol. The van der Waals surface area contributed by atoms with Crippen LogP contribution in [0.15, 0.2) is 0 Å². The number of nitrogens with zero attached hydrogens (tertiary/aromatic N) is 1. The van der Waals surface area contributed by atoms with Crippen molar-refractivity contribution >= 4 is 0 Å². The Labute approximate surface area is 145 Å². The molecule has 0 heterocycles. The summed E-state index contributed by atoms with van der Waals surface area (Å²) in [7, 11) is 0. The van der Waals surface area contributed by atoms with Crippen LogP contribution >= 0.6 is 0 Å². The van der Waals surface area contributed by atoms with Crippen molar-refractivity contribution in [2.75, 3.05) is 26.2 Å². The van der Waals surface area contributed by atoms with E-state index in [1.165, 1.54) is 58.2 Å². The minimum Gasteiger partial charge on any atom is -1.00 e. The fourth-order valence-corrected chi connectivity index (χ4v) is 3.02. The van der Waals surface area contributed by atoms with Crippen molar-refractivity contribution in [3.05, 3.63) is 0 Å². The minimum absolute atomic E-state index is 0. The highest BCUT2D eigenvalue weighted by atomic mass is 35.5. The van der Waals surface area contributed by atoms with Crippen molar-refractivity contribution in [1.82, 2.24) is 0 Å². The van der Waals surface area contributed by atoms with E-state index in [0.717, 1.165) is 17.4 Å². The molecule has 0 aliphatic rings. The normalized spacial score (nSPS) is 14.5. The molecule has 22 heavy (non-hydrogen) atoms. The van der Waals surface area contributed by atoms with Gasteiger partial charge in [0.05, 0.1) is 38.4 Å². The van der Waals surface area contributed by atoms with Crippen LogP contribution in [0.5, 0.6) is 0 Å². The molecule has 0 aromatic heterocycles. The third-order valence-electron chi connectivity index (χ3n) is 4.72. The fourth-order valence-electron chi connectivity index (χ4n) is 3.02. The fraction of sp³-hybridized carbons (Fsp3) is 1.00. The van der Waals surface area contributed by atoms with Gasteiger partial charge in [0, 0.05) is 6.42 Å². The third-order valence-corrected chi connectivity index (χ3v) is 4.72. The number of aliphatic hydroxyl groups is 2. The Bertz CT molecular complexity index is 217. The summed E-state index contributed by atoms with van der Waals surface area (Å²) in [5.41, 5.74) is 0. The summed E-state index contributed by atoms with van der Waals surface area (Å²) >= 11 is 0. The molecular formula is C18H40ClNO2. The first kappa shape index (κ1) is 24.4. The van der Waals surface area contributed by atoms with Crippen LogP contribution in [0.3, 0.4) is 0 Å². The summed E-state index contributed by atoms with van der Waals surface area (Å²) in [6, 6.07) is 0. The highest BCUT2D eigenvalue weighted by Crippen LogP contribution is 2.17. The van der Waals surface area contributed by atoms with E-state index in [9.17, 15) is 10.2 Å². The molecule has 0 saturated heterocycles. The van der Waals surface area contributed by atoms with Gasteiger partial charge in [-0.15, -0.1) is 0 Å². The molecule has 3 nitrogen and oxygen atoms in total. The van der Waals surface area contributed by atoms with E-state index in [4.69, 9.17) is 0 Å². The molecule has 0 saturated carbocycles. The second-order valence-corrected chi connectivity index (χ2v) is 6.63. The number of rotatable bonds is 14. The lowest BCUT2D eigenvalue weighted by atomic mass is 10.1. The predicted octanol–water partition coefficient (Wildman–Crippen LogP) is 0.729. The van der Waals surface area contributed by atoms with Crippen molar-refractivity contribution < 1.29 is 27.1 Å². The minimum atomic E-state index is -0.560. The van der Waals surface area contributed by atoms with Crippen LogP contribution in [0, 0.1) is 0 Å². The first-order valence-electron chi connectivity index (χ1n) is 9.26. The molecule has 0 rings (SSSR count). The molecule has 0 fully saturated rings. The molecule has 0 radical (unpaired) electrons. The number of aliphatic hydroxyl groups excluding tert-OH is 2. The van der Waals surface area contributed by atoms with E-state index >= 15 is 0 Å². The standard InChI is InChI=1S/C18H40NO2.ClH/c1-5-9-13-19(14-10-6-2,15-11-7-3)16-12-18(21)17(20)8-4;/h17-18,20-21H,5-16H2,1-4H3;1H/q+1;/p-1. The molecule has 2 unspecified atom stereocenters. The van der Waals surface area contributed by atoms with E-state index in [1.807, 2.05) is 6.92 Å². The number of unbranched alkanes of at least 4 members (excludes halogenated alkanes) is 3. The molecule has 0 amide bonds. The van der Waals surface area contributed by atoms with Crippen molar-refractivity contribution in [3.63, 3.8) is 0 Å². The van der Waals surface area contributed by atoms with Gasteiger partial charge in [-0.05, 0) is 25.7 Å². The van der Waals surface area contributed by atoms with Gasteiger partial charge < -0.3 is 27.1 Å². The van der Waals surface area contributed by atoms with Crippen LogP contribution in [0.2, 0.25) is 0 Å². The number of hydrogen-bond donors (Lipinski definition) is 2. The molecule has 0 aromatic carbocycles. The number of halogens is 1. The van der Waals surface area contributed by atoms with E-state index in [-0.39, 0.29) is 12.4 Å². The second kappa shape index (κ2) is 14.7. The van der Waals surface area contributed by atoms with Gasteiger partial charge in [-0.25, -0.2) is 0 Å². The average molecular weight is 338 g/mol. The lowest BCUT2D eigenvalue weighted by molar-refractivity contribution is -0.929. The van der Waals surface area contributed by atoms with Crippen LogP contribution in [0.4, 0.5) is 0 Å². The summed E-state index contributed by atoms with van der Waals surface area (Å²) < 4.78 is 1.14. The van der Waals surface area contributed by atoms with E-state index < -0.39 is 12.2 Å². The van der Waals surface area contributed by atoms with Gasteiger partial charge in [-0.2, -0.15) is 0 Å². The molecule has 0 aliphatic heterocycles. The van der Waals surface area contributed by atoms with E-state index in [2.05, 4.69) is 20.8 Å². The molecule has 4 heteroatoms. The first-order chi connectivity index (χ1) is 10.0. The van der Waals surface area contributed by atoms with Crippen LogP contribution in [0.1, 0.15) is 79.1 Å². The van der Waals surface area contributed by atoms with Crippen molar-refractivity contribution in [2.24, 2.45) is 0 Å². The van der Waals surface area contributed by atoms with Crippen molar-refractivity contribution in [2.45, 2.75) is 91.3 Å². The maximum Gasteiger partial charge on any atom is 0.0852 e. The summed E-state index contributed by atoms with van der Waals surface area (Å²) in [4.78, 5) is 0. The average Bonchev–Trinajstić information content (AvgIpc) is 2.52. The van der Waals surface area contributed by atoms with Crippen LogP contribution in [0.25, 0.3) is 0 Å². The SMILES string of the molecule is CCCC[N+](CCCC)(CCCC)CCC(O)C(O)CC.[Cl-]. The molecule has 0 aliphatic carbocycles. The van der Waals surface area contributed by atoms with Gasteiger partial charge in [-0.1, -0.05) is 47.0 Å². The molecule has 0 aromatic rings. The van der Waals surface area contributed by atoms with Gasteiger partial charge in [-0.3, -0.25) is 0 Å². The lowest BCUT2D eigenvalue weighted by Crippen LogP contribution is -3.00. The molecule has 0 bridgehead atoms. The van der Waals surface area contributed by atoms with Gasteiger partial charge in [0.25, 0.3) is 0 Å². The summed E-state index contributed by atoms with van der Waals surface area (Å²) in [5, 5.41) is 19.9. The zero-order valence-electron chi connectivity index (χ0n) is 15.4. The Balaban J connectivity index is 0. The van der Waals surface area contributed by atoms with Gasteiger partial charge in [0.1, 0.15) is 0 Å². The Morgan fingerprint density at radius 1 is 0.682 bits per heavy atom. The Kier molecular flexibility index (Phi) is 16.4. The molecule has 136 valence electrons. The molecule has 2 N–H and O–H groups in total. The maximum absolute atomic E-state index is 10.1. The maximum atomic E-state index is 10.1. The van der Waals surface area contributed by atoms with Crippen molar-refractivity contribution in [3.8, 4) is 0 Å². The molecule has 2 atom stereocenters. The highest BCUT2D eigenvalue weighted by molar-refractivity contribution is 4.65. The third kappa shape index (κ3) is 10.0. The largest absolute Gasteiger partial charge is 1.00 e. The predicted molar refractivity (Wildman–Crippen MR) is 91.4 cm³/mol. The van der Waals surface area contributed by atoms with Gasteiger partial charge in [0.2, 0.25) is 0 Å². The van der Waals surface area contributed by atoms with E-state index in [1.54, 1.807) is 0 Å². The zero-order valence-corrected chi connectivity index (χ0v) is 16.1. The number of hydrogen-bond acceptors (Lipinski definition) is 2. The van der Waals surface area contributed by atoms with Gasteiger partial charge >= 0.3 is 0 Å². The van der Waals surface area contributed by atoms with Crippen LogP contribution < -0.4 is 12.4 Å².